The fourth-order valence-corrected chi connectivity index (χ4v) is 3.66. The molecular formula is C20H26N2. The van der Waals surface area contributed by atoms with Gasteiger partial charge in [-0.25, -0.2) is 0 Å². The van der Waals surface area contributed by atoms with Crippen molar-refractivity contribution >= 4 is 21.8 Å². The average molecular weight is 294 g/mol. The highest BCUT2D eigenvalue weighted by atomic mass is 15.0. The van der Waals surface area contributed by atoms with Gasteiger partial charge in [-0.2, -0.15) is 0 Å². The topological polar surface area (TPSA) is 17.8 Å². The second-order valence-electron chi connectivity index (χ2n) is 6.85. The third kappa shape index (κ3) is 2.41. The van der Waals surface area contributed by atoms with Crippen molar-refractivity contribution in [3.8, 4) is 0 Å². The van der Waals surface area contributed by atoms with Crippen LogP contribution in [-0.4, -0.2) is 9.55 Å². The monoisotopic (exact) mass is 294 g/mol. The molecule has 0 aliphatic rings. The zero-order valence-corrected chi connectivity index (χ0v) is 14.1. The molecule has 2 heteroatoms. The standard InChI is InChI=1S/C20H26N2/c1-5-20(4,6-2)13-15(3)22-18-10-8-7-9-16(18)17-14-21-12-11-19(17)22/h7-12,14-15H,5-6,13H2,1-4H3. The van der Waals surface area contributed by atoms with E-state index >= 15 is 0 Å². The molecule has 2 nitrogen and oxygen atoms in total. The molecule has 3 aromatic rings. The van der Waals surface area contributed by atoms with Gasteiger partial charge in [0.15, 0.2) is 0 Å². The number of nitrogens with zero attached hydrogens (tertiary/aromatic N) is 2. The molecule has 0 radical (unpaired) electrons. The fraction of sp³-hybridized carbons (Fsp3) is 0.450. The van der Waals surface area contributed by atoms with Crippen molar-refractivity contribution in [1.82, 2.24) is 9.55 Å². The van der Waals surface area contributed by atoms with Gasteiger partial charge in [-0.3, -0.25) is 4.98 Å². The molecule has 1 unspecified atom stereocenters. The summed E-state index contributed by atoms with van der Waals surface area (Å²) in [6.45, 7) is 9.40. The fourth-order valence-electron chi connectivity index (χ4n) is 3.66. The van der Waals surface area contributed by atoms with E-state index in [9.17, 15) is 0 Å². The summed E-state index contributed by atoms with van der Waals surface area (Å²) in [5.41, 5.74) is 3.04. The normalized spacial score (nSPS) is 13.8. The lowest BCUT2D eigenvalue weighted by Gasteiger charge is -2.31. The second kappa shape index (κ2) is 5.75. The van der Waals surface area contributed by atoms with Gasteiger partial charge >= 0.3 is 0 Å². The largest absolute Gasteiger partial charge is 0.338 e. The zero-order chi connectivity index (χ0) is 15.7. The summed E-state index contributed by atoms with van der Waals surface area (Å²) in [6, 6.07) is 11.3. The molecule has 0 bridgehead atoms. The molecule has 0 spiro atoms. The van der Waals surface area contributed by atoms with Gasteiger partial charge in [0, 0.05) is 34.7 Å². The number of hydrogen-bond acceptors (Lipinski definition) is 1. The van der Waals surface area contributed by atoms with E-state index in [1.54, 1.807) is 0 Å². The minimum Gasteiger partial charge on any atom is -0.338 e. The number of aromatic nitrogens is 2. The molecule has 3 rings (SSSR count). The molecule has 2 aromatic heterocycles. The maximum atomic E-state index is 4.33. The molecule has 0 aliphatic carbocycles. The number of hydrogen-bond donors (Lipinski definition) is 0. The van der Waals surface area contributed by atoms with Crippen LogP contribution in [0.5, 0.6) is 0 Å². The van der Waals surface area contributed by atoms with Gasteiger partial charge in [0.2, 0.25) is 0 Å². The maximum absolute atomic E-state index is 4.33. The Morgan fingerprint density at radius 3 is 2.45 bits per heavy atom. The molecule has 0 saturated heterocycles. The van der Waals surface area contributed by atoms with Gasteiger partial charge in [0.05, 0.1) is 5.52 Å². The van der Waals surface area contributed by atoms with E-state index in [2.05, 4.69) is 67.6 Å². The van der Waals surface area contributed by atoms with Crippen LogP contribution in [0.3, 0.4) is 0 Å². The van der Waals surface area contributed by atoms with Crippen molar-refractivity contribution in [3.05, 3.63) is 42.7 Å². The Hall–Kier alpha value is -1.83. The molecule has 22 heavy (non-hydrogen) atoms. The first-order valence-electron chi connectivity index (χ1n) is 8.42. The van der Waals surface area contributed by atoms with Crippen LogP contribution in [0, 0.1) is 5.41 Å². The lowest BCUT2D eigenvalue weighted by molar-refractivity contribution is 0.233. The summed E-state index contributed by atoms with van der Waals surface area (Å²) >= 11 is 0. The molecular weight excluding hydrogens is 268 g/mol. The summed E-state index contributed by atoms with van der Waals surface area (Å²) < 4.78 is 2.51. The number of fused-ring (bicyclic) bond motifs is 3. The highest BCUT2D eigenvalue weighted by Crippen LogP contribution is 2.39. The van der Waals surface area contributed by atoms with Crippen molar-refractivity contribution in [2.24, 2.45) is 5.41 Å². The number of pyridine rings is 1. The second-order valence-corrected chi connectivity index (χ2v) is 6.85. The van der Waals surface area contributed by atoms with Crippen LogP contribution < -0.4 is 0 Å². The van der Waals surface area contributed by atoms with E-state index in [4.69, 9.17) is 0 Å². The molecule has 0 saturated carbocycles. The van der Waals surface area contributed by atoms with Crippen LogP contribution >= 0.6 is 0 Å². The molecule has 1 atom stereocenters. The predicted octanol–water partition coefficient (Wildman–Crippen LogP) is 5.97. The van der Waals surface area contributed by atoms with Crippen molar-refractivity contribution < 1.29 is 0 Å². The first-order chi connectivity index (χ1) is 10.6. The van der Waals surface area contributed by atoms with Crippen LogP contribution in [0.2, 0.25) is 0 Å². The van der Waals surface area contributed by atoms with Gasteiger partial charge in [0.25, 0.3) is 0 Å². The first-order valence-corrected chi connectivity index (χ1v) is 8.42. The van der Waals surface area contributed by atoms with Crippen molar-refractivity contribution in [3.63, 3.8) is 0 Å². The van der Waals surface area contributed by atoms with Crippen LogP contribution in [-0.2, 0) is 0 Å². The van der Waals surface area contributed by atoms with E-state index in [0.717, 1.165) is 0 Å². The molecule has 2 heterocycles. The molecule has 0 N–H and O–H groups in total. The Bertz CT molecular complexity index is 727. The Kier molecular flexibility index (Phi) is 3.94. The third-order valence-corrected chi connectivity index (χ3v) is 5.45. The van der Waals surface area contributed by atoms with Gasteiger partial charge < -0.3 is 4.57 Å². The Morgan fingerprint density at radius 2 is 1.73 bits per heavy atom. The average Bonchev–Trinajstić information content (AvgIpc) is 2.89. The van der Waals surface area contributed by atoms with Gasteiger partial charge in [-0.05, 0) is 30.9 Å². The highest BCUT2D eigenvalue weighted by Gasteiger charge is 2.25. The Morgan fingerprint density at radius 1 is 1.05 bits per heavy atom. The third-order valence-electron chi connectivity index (χ3n) is 5.45. The highest BCUT2D eigenvalue weighted by molar-refractivity contribution is 6.07. The van der Waals surface area contributed by atoms with E-state index in [-0.39, 0.29) is 0 Å². The summed E-state index contributed by atoms with van der Waals surface area (Å²) in [7, 11) is 0. The van der Waals surface area contributed by atoms with E-state index < -0.39 is 0 Å². The van der Waals surface area contributed by atoms with Crippen molar-refractivity contribution in [1.29, 1.82) is 0 Å². The first kappa shape index (κ1) is 15.1. The summed E-state index contributed by atoms with van der Waals surface area (Å²) in [5, 5.41) is 2.58. The SMILES string of the molecule is CCC(C)(CC)CC(C)n1c2ccccc2c2cnccc21. The Labute approximate surface area is 133 Å². The number of para-hydroxylation sites is 1. The number of benzene rings is 1. The van der Waals surface area contributed by atoms with E-state index in [0.29, 0.717) is 11.5 Å². The van der Waals surface area contributed by atoms with Gasteiger partial charge in [0.1, 0.15) is 0 Å². The predicted molar refractivity (Wildman–Crippen MR) is 95.3 cm³/mol. The maximum Gasteiger partial charge on any atom is 0.0524 e. The van der Waals surface area contributed by atoms with Crippen molar-refractivity contribution in [2.45, 2.75) is 53.0 Å². The quantitative estimate of drug-likeness (QED) is 0.567. The van der Waals surface area contributed by atoms with E-state index in [1.165, 1.54) is 41.1 Å². The van der Waals surface area contributed by atoms with Crippen LogP contribution in [0.4, 0.5) is 0 Å². The molecule has 0 aliphatic heterocycles. The minimum absolute atomic E-state index is 0.407. The summed E-state index contributed by atoms with van der Waals surface area (Å²) in [5.74, 6) is 0. The molecule has 1 aromatic carbocycles. The summed E-state index contributed by atoms with van der Waals surface area (Å²) in [4.78, 5) is 4.33. The van der Waals surface area contributed by atoms with E-state index in [1.807, 2.05) is 12.4 Å². The van der Waals surface area contributed by atoms with Gasteiger partial charge in [-0.1, -0.05) is 51.8 Å². The molecule has 0 amide bonds. The lowest BCUT2D eigenvalue weighted by Crippen LogP contribution is -2.20. The van der Waals surface area contributed by atoms with Gasteiger partial charge in [-0.15, -0.1) is 0 Å². The lowest BCUT2D eigenvalue weighted by atomic mass is 9.79. The molecule has 116 valence electrons. The smallest absolute Gasteiger partial charge is 0.0524 e. The zero-order valence-electron chi connectivity index (χ0n) is 14.1. The van der Waals surface area contributed by atoms with Crippen molar-refractivity contribution in [2.75, 3.05) is 0 Å². The molecule has 0 fully saturated rings. The van der Waals surface area contributed by atoms with Crippen LogP contribution in [0.1, 0.15) is 53.0 Å². The minimum atomic E-state index is 0.407. The Balaban J connectivity index is 2.16. The summed E-state index contributed by atoms with van der Waals surface area (Å²) in [6.07, 6.45) is 7.57. The number of rotatable bonds is 5. The van der Waals surface area contributed by atoms with Crippen LogP contribution in [0.25, 0.3) is 21.8 Å². The van der Waals surface area contributed by atoms with Crippen LogP contribution in [0.15, 0.2) is 42.7 Å².